The van der Waals surface area contributed by atoms with Gasteiger partial charge in [0.2, 0.25) is 5.91 Å². The van der Waals surface area contributed by atoms with Gasteiger partial charge in [0.25, 0.3) is 0 Å². The number of amides is 1. The average molecular weight is 303 g/mol. The van der Waals surface area contributed by atoms with E-state index in [1.807, 2.05) is 38.1 Å². The van der Waals surface area contributed by atoms with Crippen LogP contribution in [0.4, 0.5) is 0 Å². The number of aliphatic hydroxyl groups is 1. The quantitative estimate of drug-likeness (QED) is 0.787. The highest BCUT2D eigenvalue weighted by Crippen LogP contribution is 2.18. The molecule has 0 unspecified atom stereocenters. The fraction of sp³-hybridized carbons (Fsp3) is 0.529. The molecule has 0 saturated heterocycles. The normalized spacial score (nSPS) is 11.8. The minimum Gasteiger partial charge on any atom is -0.388 e. The molecule has 0 saturated carbocycles. The fourth-order valence-electron chi connectivity index (χ4n) is 2.84. The van der Waals surface area contributed by atoms with Crippen LogP contribution in [-0.2, 0) is 11.3 Å². The van der Waals surface area contributed by atoms with E-state index in [1.165, 1.54) is 0 Å². The molecule has 1 amide bonds. The molecule has 5 nitrogen and oxygen atoms in total. The van der Waals surface area contributed by atoms with Gasteiger partial charge in [-0.25, -0.2) is 0 Å². The van der Waals surface area contributed by atoms with Crippen LogP contribution in [-0.4, -0.2) is 32.9 Å². The van der Waals surface area contributed by atoms with Gasteiger partial charge in [-0.3, -0.25) is 9.48 Å². The summed E-state index contributed by atoms with van der Waals surface area (Å²) in [6.07, 6.45) is 4.96. The number of fused-ring (bicyclic) bond motifs is 1. The molecular formula is C17H25N3O2. The van der Waals surface area contributed by atoms with Crippen molar-refractivity contribution in [2.45, 2.75) is 51.7 Å². The first kappa shape index (κ1) is 16.5. The van der Waals surface area contributed by atoms with Crippen LogP contribution >= 0.6 is 0 Å². The lowest BCUT2D eigenvalue weighted by atomic mass is 9.92. The maximum absolute atomic E-state index is 12.1. The third-order valence-corrected chi connectivity index (χ3v) is 3.89. The van der Waals surface area contributed by atoms with Crippen LogP contribution in [0.3, 0.4) is 0 Å². The number of hydrogen-bond donors (Lipinski definition) is 2. The fourth-order valence-corrected chi connectivity index (χ4v) is 2.84. The summed E-state index contributed by atoms with van der Waals surface area (Å²) in [6, 6.07) is 7.79. The molecule has 2 rings (SSSR count). The summed E-state index contributed by atoms with van der Waals surface area (Å²) in [5, 5.41) is 18.6. The van der Waals surface area contributed by atoms with Crippen molar-refractivity contribution < 1.29 is 9.90 Å². The van der Waals surface area contributed by atoms with Gasteiger partial charge >= 0.3 is 0 Å². The van der Waals surface area contributed by atoms with Gasteiger partial charge in [0.05, 0.1) is 17.3 Å². The molecule has 0 radical (unpaired) electrons. The van der Waals surface area contributed by atoms with Gasteiger partial charge in [-0.2, -0.15) is 5.10 Å². The predicted octanol–water partition coefficient (Wildman–Crippen LogP) is 2.48. The van der Waals surface area contributed by atoms with E-state index in [-0.39, 0.29) is 12.5 Å². The Kier molecular flexibility index (Phi) is 5.55. The maximum Gasteiger partial charge on any atom is 0.241 e. The molecule has 0 aliphatic carbocycles. The van der Waals surface area contributed by atoms with E-state index in [9.17, 15) is 9.90 Å². The lowest BCUT2D eigenvalue weighted by Gasteiger charge is -2.27. The number of nitrogens with zero attached hydrogens (tertiary/aromatic N) is 2. The summed E-state index contributed by atoms with van der Waals surface area (Å²) in [6.45, 7) is 4.55. The van der Waals surface area contributed by atoms with Gasteiger partial charge in [0.15, 0.2) is 0 Å². The molecule has 0 fully saturated rings. The zero-order chi connectivity index (χ0) is 16.0. The number of hydrogen-bond acceptors (Lipinski definition) is 3. The van der Waals surface area contributed by atoms with E-state index < -0.39 is 5.60 Å². The summed E-state index contributed by atoms with van der Waals surface area (Å²) in [5.74, 6) is -0.125. The van der Waals surface area contributed by atoms with E-state index in [2.05, 4.69) is 10.4 Å². The Bertz CT molecular complexity index is 615. The van der Waals surface area contributed by atoms with Crippen molar-refractivity contribution in [3.8, 4) is 0 Å². The Hall–Kier alpha value is -1.88. The molecule has 120 valence electrons. The highest BCUT2D eigenvalue weighted by Gasteiger charge is 2.25. The maximum atomic E-state index is 12.1. The van der Waals surface area contributed by atoms with E-state index in [0.717, 1.165) is 23.7 Å². The smallest absolute Gasteiger partial charge is 0.241 e. The number of aromatic nitrogens is 2. The number of nitrogens with one attached hydrogen (secondary N) is 1. The van der Waals surface area contributed by atoms with E-state index in [1.54, 1.807) is 10.9 Å². The lowest BCUT2D eigenvalue weighted by Crippen LogP contribution is -2.43. The molecule has 0 aliphatic heterocycles. The van der Waals surface area contributed by atoms with Crippen molar-refractivity contribution in [2.24, 2.45) is 0 Å². The number of benzene rings is 1. The molecule has 5 heteroatoms. The number of carbonyl (C=O) groups excluding carboxylic acids is 1. The second-order valence-electron chi connectivity index (χ2n) is 5.86. The predicted molar refractivity (Wildman–Crippen MR) is 87.5 cm³/mol. The molecule has 1 aromatic carbocycles. The molecule has 0 spiro atoms. The molecule has 2 N–H and O–H groups in total. The topological polar surface area (TPSA) is 67.2 Å². The zero-order valence-corrected chi connectivity index (χ0v) is 13.4. The third-order valence-electron chi connectivity index (χ3n) is 3.89. The van der Waals surface area contributed by atoms with Gasteiger partial charge in [0.1, 0.15) is 6.54 Å². The van der Waals surface area contributed by atoms with Crippen LogP contribution in [0.5, 0.6) is 0 Å². The molecular weight excluding hydrogens is 278 g/mol. The van der Waals surface area contributed by atoms with Crippen molar-refractivity contribution in [1.29, 1.82) is 0 Å². The van der Waals surface area contributed by atoms with Crippen LogP contribution in [0, 0.1) is 0 Å². The molecule has 1 heterocycles. The standard InChI is InChI=1S/C17H25N3O2/c1-3-9-17(22,10-4-2)13-18-16(21)12-20-15-8-6-5-7-14(15)11-19-20/h5-8,11,22H,3-4,9-10,12-13H2,1-2H3,(H,18,21). The molecule has 0 bridgehead atoms. The minimum atomic E-state index is -0.800. The van der Waals surface area contributed by atoms with E-state index in [4.69, 9.17) is 0 Å². The van der Waals surface area contributed by atoms with Crippen LogP contribution in [0.15, 0.2) is 30.5 Å². The van der Waals surface area contributed by atoms with Crippen molar-refractivity contribution in [3.05, 3.63) is 30.5 Å². The molecule has 22 heavy (non-hydrogen) atoms. The first-order valence-electron chi connectivity index (χ1n) is 7.97. The van der Waals surface area contributed by atoms with Gasteiger partial charge in [0, 0.05) is 11.9 Å². The minimum absolute atomic E-state index is 0.125. The number of para-hydroxylation sites is 1. The van der Waals surface area contributed by atoms with Gasteiger partial charge in [-0.05, 0) is 18.9 Å². The summed E-state index contributed by atoms with van der Waals surface area (Å²) in [7, 11) is 0. The van der Waals surface area contributed by atoms with Crippen molar-refractivity contribution in [3.63, 3.8) is 0 Å². The highest BCUT2D eigenvalue weighted by atomic mass is 16.3. The zero-order valence-electron chi connectivity index (χ0n) is 13.4. The summed E-state index contributed by atoms with van der Waals surface area (Å²) >= 11 is 0. The summed E-state index contributed by atoms with van der Waals surface area (Å²) in [4.78, 5) is 12.1. The molecule has 0 atom stereocenters. The lowest BCUT2D eigenvalue weighted by molar-refractivity contribution is -0.123. The van der Waals surface area contributed by atoms with E-state index >= 15 is 0 Å². The Morgan fingerprint density at radius 2 is 1.95 bits per heavy atom. The first-order chi connectivity index (χ1) is 10.6. The van der Waals surface area contributed by atoms with Gasteiger partial charge in [-0.1, -0.05) is 44.9 Å². The average Bonchev–Trinajstić information content (AvgIpc) is 2.89. The van der Waals surface area contributed by atoms with Gasteiger partial charge in [-0.15, -0.1) is 0 Å². The summed E-state index contributed by atoms with van der Waals surface area (Å²) < 4.78 is 1.68. The Morgan fingerprint density at radius 1 is 1.27 bits per heavy atom. The first-order valence-corrected chi connectivity index (χ1v) is 7.97. The van der Waals surface area contributed by atoms with E-state index in [0.29, 0.717) is 19.4 Å². The van der Waals surface area contributed by atoms with Crippen molar-refractivity contribution in [1.82, 2.24) is 15.1 Å². The largest absolute Gasteiger partial charge is 0.388 e. The van der Waals surface area contributed by atoms with Crippen LogP contribution in [0.1, 0.15) is 39.5 Å². The molecule has 1 aromatic heterocycles. The Balaban J connectivity index is 1.95. The van der Waals surface area contributed by atoms with Gasteiger partial charge < -0.3 is 10.4 Å². The molecule has 2 aromatic rings. The Labute approximate surface area is 131 Å². The second kappa shape index (κ2) is 7.40. The van der Waals surface area contributed by atoms with Crippen LogP contribution in [0.25, 0.3) is 10.9 Å². The highest BCUT2D eigenvalue weighted by molar-refractivity contribution is 5.81. The summed E-state index contributed by atoms with van der Waals surface area (Å²) in [5.41, 5.74) is 0.140. The number of rotatable bonds is 8. The van der Waals surface area contributed by atoms with Crippen molar-refractivity contribution in [2.75, 3.05) is 6.54 Å². The second-order valence-corrected chi connectivity index (χ2v) is 5.86. The SMILES string of the molecule is CCCC(O)(CCC)CNC(=O)Cn1ncc2ccccc21. The number of carbonyl (C=O) groups is 1. The third kappa shape index (κ3) is 4.07. The molecule has 0 aliphatic rings. The van der Waals surface area contributed by atoms with Crippen molar-refractivity contribution >= 4 is 16.8 Å². The van der Waals surface area contributed by atoms with Crippen LogP contribution < -0.4 is 5.32 Å². The monoisotopic (exact) mass is 303 g/mol. The van der Waals surface area contributed by atoms with Crippen LogP contribution in [0.2, 0.25) is 0 Å². The Morgan fingerprint density at radius 3 is 2.64 bits per heavy atom.